The predicted octanol–water partition coefficient (Wildman–Crippen LogP) is 5.95. The van der Waals surface area contributed by atoms with Crippen LogP contribution in [0.2, 0.25) is 0 Å². The molecule has 36 heavy (non-hydrogen) atoms. The van der Waals surface area contributed by atoms with Gasteiger partial charge in [0.25, 0.3) is 0 Å². The number of amides is 1. The van der Waals surface area contributed by atoms with Gasteiger partial charge in [-0.15, -0.1) is 10.2 Å². The van der Waals surface area contributed by atoms with Crippen molar-refractivity contribution in [2.75, 3.05) is 18.4 Å². The standard InChI is InChI=1S/C29H31N5OS/c1-21-17-22(2)19-24(18-21)30-28(35)27(23-11-5-3-6-12-23)36-29-32-31-26(20-33-15-9-10-16-33)34(29)25-13-7-4-8-14-25/h3-8,11-14,17-19,27H,9-10,15-16,20H2,1-2H3,(H,30,35). The van der Waals surface area contributed by atoms with E-state index in [1.165, 1.54) is 24.6 Å². The SMILES string of the molecule is Cc1cc(C)cc(NC(=O)C(Sc2nnc(CN3CCCC3)n2-c2ccccc2)c2ccccc2)c1. The summed E-state index contributed by atoms with van der Waals surface area (Å²) in [6.07, 6.45) is 2.44. The molecule has 1 saturated heterocycles. The van der Waals surface area contributed by atoms with Crippen molar-refractivity contribution < 1.29 is 4.79 Å². The van der Waals surface area contributed by atoms with Crippen LogP contribution in [0.15, 0.2) is 84.0 Å². The smallest absolute Gasteiger partial charge is 0.242 e. The number of hydrogen-bond donors (Lipinski definition) is 1. The fourth-order valence-electron chi connectivity index (χ4n) is 4.72. The molecular weight excluding hydrogens is 466 g/mol. The Labute approximate surface area is 216 Å². The van der Waals surface area contributed by atoms with E-state index in [2.05, 4.69) is 43.2 Å². The van der Waals surface area contributed by atoms with Crippen molar-refractivity contribution in [3.63, 3.8) is 0 Å². The van der Waals surface area contributed by atoms with Crippen molar-refractivity contribution in [2.45, 2.75) is 43.6 Å². The number of carbonyl (C=O) groups is 1. The number of likely N-dealkylation sites (tertiary alicyclic amines) is 1. The maximum absolute atomic E-state index is 13.7. The number of benzene rings is 3. The van der Waals surface area contributed by atoms with Crippen LogP contribution in [0.25, 0.3) is 5.69 Å². The van der Waals surface area contributed by atoms with E-state index in [1.807, 2.05) is 74.5 Å². The van der Waals surface area contributed by atoms with Crippen LogP contribution < -0.4 is 5.32 Å². The second kappa shape index (κ2) is 11.1. The number of thioether (sulfide) groups is 1. The van der Waals surface area contributed by atoms with Gasteiger partial charge in [0, 0.05) is 11.4 Å². The molecule has 1 aromatic heterocycles. The van der Waals surface area contributed by atoms with Gasteiger partial charge in [-0.05, 0) is 80.7 Å². The number of hydrogen-bond acceptors (Lipinski definition) is 5. The maximum atomic E-state index is 13.7. The minimum Gasteiger partial charge on any atom is -0.325 e. The van der Waals surface area contributed by atoms with Gasteiger partial charge in [-0.2, -0.15) is 0 Å². The number of nitrogens with one attached hydrogen (secondary N) is 1. The Hall–Kier alpha value is -3.42. The molecule has 7 heteroatoms. The molecule has 1 aliphatic heterocycles. The molecule has 1 atom stereocenters. The fourth-order valence-corrected chi connectivity index (χ4v) is 5.79. The summed E-state index contributed by atoms with van der Waals surface area (Å²) in [6.45, 7) is 6.98. The Morgan fingerprint density at radius 1 is 0.917 bits per heavy atom. The molecule has 3 aromatic carbocycles. The van der Waals surface area contributed by atoms with E-state index in [0.29, 0.717) is 5.16 Å². The second-order valence-corrected chi connectivity index (χ2v) is 10.4. The van der Waals surface area contributed by atoms with Crippen molar-refractivity contribution in [2.24, 2.45) is 0 Å². The normalized spacial score (nSPS) is 14.6. The number of anilines is 1. The van der Waals surface area contributed by atoms with E-state index >= 15 is 0 Å². The van der Waals surface area contributed by atoms with E-state index in [-0.39, 0.29) is 5.91 Å². The molecule has 1 unspecified atom stereocenters. The summed E-state index contributed by atoms with van der Waals surface area (Å²) < 4.78 is 2.10. The highest BCUT2D eigenvalue weighted by Gasteiger charge is 2.27. The molecule has 1 aliphatic rings. The molecule has 0 radical (unpaired) electrons. The van der Waals surface area contributed by atoms with Crippen molar-refractivity contribution in [3.05, 3.63) is 101 Å². The average Bonchev–Trinajstić information content (AvgIpc) is 3.53. The van der Waals surface area contributed by atoms with Crippen LogP contribution in [0.1, 0.15) is 40.6 Å². The molecule has 4 aromatic rings. The van der Waals surface area contributed by atoms with Crippen molar-refractivity contribution >= 4 is 23.4 Å². The summed E-state index contributed by atoms with van der Waals surface area (Å²) >= 11 is 1.44. The van der Waals surface area contributed by atoms with Crippen molar-refractivity contribution in [1.82, 2.24) is 19.7 Å². The highest BCUT2D eigenvalue weighted by Crippen LogP contribution is 2.37. The number of aromatic nitrogens is 3. The fraction of sp³-hybridized carbons (Fsp3) is 0.276. The molecule has 1 N–H and O–H groups in total. The molecule has 1 fully saturated rings. The van der Waals surface area contributed by atoms with Gasteiger partial charge >= 0.3 is 0 Å². The first-order valence-corrected chi connectivity index (χ1v) is 13.3. The Morgan fingerprint density at radius 3 is 2.22 bits per heavy atom. The number of nitrogens with zero attached hydrogens (tertiary/aromatic N) is 4. The third kappa shape index (κ3) is 5.69. The van der Waals surface area contributed by atoms with Crippen LogP contribution in [0.4, 0.5) is 5.69 Å². The molecule has 2 heterocycles. The molecule has 184 valence electrons. The Morgan fingerprint density at radius 2 is 1.56 bits per heavy atom. The highest BCUT2D eigenvalue weighted by atomic mass is 32.2. The van der Waals surface area contributed by atoms with Crippen LogP contribution in [-0.2, 0) is 11.3 Å². The molecule has 5 rings (SSSR count). The predicted molar refractivity (Wildman–Crippen MR) is 145 cm³/mol. The van der Waals surface area contributed by atoms with Crippen LogP contribution >= 0.6 is 11.8 Å². The molecule has 0 saturated carbocycles. The van der Waals surface area contributed by atoms with Gasteiger partial charge < -0.3 is 5.32 Å². The van der Waals surface area contributed by atoms with Crippen molar-refractivity contribution in [1.29, 1.82) is 0 Å². The molecule has 6 nitrogen and oxygen atoms in total. The summed E-state index contributed by atoms with van der Waals surface area (Å²) in [6, 6.07) is 26.2. The zero-order valence-electron chi connectivity index (χ0n) is 20.7. The quantitative estimate of drug-likeness (QED) is 0.305. The number of aryl methyl sites for hydroxylation is 2. The van der Waals surface area contributed by atoms with E-state index in [1.54, 1.807) is 0 Å². The minimum absolute atomic E-state index is 0.0834. The van der Waals surface area contributed by atoms with Gasteiger partial charge in [0.2, 0.25) is 5.91 Å². The molecule has 0 aliphatic carbocycles. The Bertz CT molecular complexity index is 1300. The van der Waals surface area contributed by atoms with Crippen molar-refractivity contribution in [3.8, 4) is 5.69 Å². The molecular formula is C29H31N5OS. The summed E-state index contributed by atoms with van der Waals surface area (Å²) in [4.78, 5) is 16.1. The number of para-hydroxylation sites is 1. The molecule has 0 spiro atoms. The monoisotopic (exact) mass is 497 g/mol. The lowest BCUT2D eigenvalue weighted by Crippen LogP contribution is -2.21. The number of rotatable bonds is 8. The largest absolute Gasteiger partial charge is 0.325 e. The zero-order valence-corrected chi connectivity index (χ0v) is 21.5. The van der Waals surface area contributed by atoms with Gasteiger partial charge in [-0.3, -0.25) is 14.3 Å². The molecule has 1 amide bonds. The summed E-state index contributed by atoms with van der Waals surface area (Å²) in [5.41, 5.74) is 4.96. The Balaban J connectivity index is 1.49. The van der Waals surface area contributed by atoms with E-state index < -0.39 is 5.25 Å². The van der Waals surface area contributed by atoms with Gasteiger partial charge in [-0.1, -0.05) is 66.4 Å². The first-order chi connectivity index (χ1) is 17.6. The second-order valence-electron chi connectivity index (χ2n) is 9.33. The maximum Gasteiger partial charge on any atom is 0.242 e. The minimum atomic E-state index is -0.488. The van der Waals surface area contributed by atoms with E-state index in [4.69, 9.17) is 0 Å². The summed E-state index contributed by atoms with van der Waals surface area (Å²) in [5.74, 6) is 0.812. The van der Waals surface area contributed by atoms with Crippen LogP contribution in [0.3, 0.4) is 0 Å². The van der Waals surface area contributed by atoms with Gasteiger partial charge in [0.15, 0.2) is 11.0 Å². The summed E-state index contributed by atoms with van der Waals surface area (Å²) in [7, 11) is 0. The van der Waals surface area contributed by atoms with Gasteiger partial charge in [0.05, 0.1) is 6.54 Å². The Kier molecular flexibility index (Phi) is 7.49. The average molecular weight is 498 g/mol. The van der Waals surface area contributed by atoms with Gasteiger partial charge in [0.1, 0.15) is 5.25 Å². The number of carbonyl (C=O) groups excluding carboxylic acids is 1. The van der Waals surface area contributed by atoms with E-state index in [9.17, 15) is 4.79 Å². The topological polar surface area (TPSA) is 63.1 Å². The highest BCUT2D eigenvalue weighted by molar-refractivity contribution is 8.00. The first-order valence-electron chi connectivity index (χ1n) is 12.4. The first kappa shape index (κ1) is 24.3. The van der Waals surface area contributed by atoms with Crippen LogP contribution in [0.5, 0.6) is 0 Å². The zero-order chi connectivity index (χ0) is 24.9. The lowest BCUT2D eigenvalue weighted by atomic mass is 10.1. The lowest BCUT2D eigenvalue weighted by Gasteiger charge is -2.19. The van der Waals surface area contributed by atoms with Crippen LogP contribution in [0, 0.1) is 13.8 Å². The van der Waals surface area contributed by atoms with Gasteiger partial charge in [-0.25, -0.2) is 0 Å². The third-order valence-electron chi connectivity index (χ3n) is 6.33. The lowest BCUT2D eigenvalue weighted by molar-refractivity contribution is -0.115. The summed E-state index contributed by atoms with van der Waals surface area (Å²) in [5, 5.41) is 12.5. The third-order valence-corrected chi connectivity index (χ3v) is 7.53. The van der Waals surface area contributed by atoms with Crippen LogP contribution in [-0.4, -0.2) is 38.7 Å². The van der Waals surface area contributed by atoms with E-state index in [0.717, 1.165) is 53.5 Å². The molecule has 0 bridgehead atoms.